The highest BCUT2D eigenvalue weighted by molar-refractivity contribution is 6.30. The van der Waals surface area contributed by atoms with Crippen molar-refractivity contribution in [3.05, 3.63) is 34.9 Å². The molecule has 0 aliphatic carbocycles. The molecule has 2 N–H and O–H groups in total. The molecule has 1 atom stereocenters. The smallest absolute Gasteiger partial charge is 0.220 e. The fourth-order valence-electron chi connectivity index (χ4n) is 2.68. The van der Waals surface area contributed by atoms with E-state index in [1.807, 2.05) is 0 Å². The van der Waals surface area contributed by atoms with Crippen molar-refractivity contribution in [2.45, 2.75) is 32.1 Å². The number of Topliss-reactive ketones (excluding diaryl/α,β-unsaturated/α-hetero) is 1. The third-order valence-electron chi connectivity index (χ3n) is 4.02. The first-order valence-corrected chi connectivity index (χ1v) is 8.29. The Morgan fingerprint density at radius 3 is 2.68 bits per heavy atom. The Morgan fingerprint density at radius 2 is 2.00 bits per heavy atom. The van der Waals surface area contributed by atoms with Gasteiger partial charge in [0.05, 0.1) is 0 Å². The van der Waals surface area contributed by atoms with E-state index in [0.717, 1.165) is 19.5 Å². The van der Waals surface area contributed by atoms with Gasteiger partial charge in [-0.25, -0.2) is 0 Å². The van der Waals surface area contributed by atoms with Gasteiger partial charge in [-0.15, -0.1) is 0 Å². The molecule has 1 aliphatic heterocycles. The van der Waals surface area contributed by atoms with Crippen LogP contribution < -0.4 is 10.6 Å². The van der Waals surface area contributed by atoms with Crippen LogP contribution in [0.3, 0.4) is 0 Å². The molecular weight excluding hydrogens is 300 g/mol. The predicted octanol–water partition coefficient (Wildman–Crippen LogP) is 2.81. The number of nitrogens with one attached hydrogen (secondary N) is 2. The number of benzene rings is 1. The highest BCUT2D eigenvalue weighted by Gasteiger charge is 2.13. The summed E-state index contributed by atoms with van der Waals surface area (Å²) in [5.41, 5.74) is 0.602. The average molecular weight is 323 g/mol. The zero-order valence-corrected chi connectivity index (χ0v) is 13.5. The summed E-state index contributed by atoms with van der Waals surface area (Å²) in [5, 5.41) is 6.88. The number of piperidine rings is 1. The van der Waals surface area contributed by atoms with E-state index in [4.69, 9.17) is 11.6 Å². The minimum absolute atomic E-state index is 0.0247. The number of amides is 1. The van der Waals surface area contributed by atoms with Gasteiger partial charge in [0.1, 0.15) is 0 Å². The summed E-state index contributed by atoms with van der Waals surface area (Å²) in [6.07, 6.45) is 3.93. The van der Waals surface area contributed by atoms with E-state index in [-0.39, 0.29) is 24.5 Å². The minimum atomic E-state index is -0.0499. The summed E-state index contributed by atoms with van der Waals surface area (Å²) in [5.74, 6) is 0.583. The van der Waals surface area contributed by atoms with Crippen molar-refractivity contribution in [2.24, 2.45) is 5.92 Å². The number of carbonyl (C=O) groups excluding carboxylic acids is 2. The molecule has 1 amide bonds. The molecular formula is C17H23ClN2O2. The van der Waals surface area contributed by atoms with E-state index in [9.17, 15) is 9.59 Å². The van der Waals surface area contributed by atoms with Gasteiger partial charge in [-0.05, 0) is 62.5 Å². The molecule has 1 aliphatic rings. The molecule has 1 unspecified atom stereocenters. The molecule has 0 radical (unpaired) electrons. The van der Waals surface area contributed by atoms with Crippen molar-refractivity contribution in [1.29, 1.82) is 0 Å². The van der Waals surface area contributed by atoms with Crippen LogP contribution in [0.4, 0.5) is 0 Å². The predicted molar refractivity (Wildman–Crippen MR) is 88.2 cm³/mol. The first-order chi connectivity index (χ1) is 10.6. The summed E-state index contributed by atoms with van der Waals surface area (Å²) >= 11 is 5.79. The Kier molecular flexibility index (Phi) is 6.87. The lowest BCUT2D eigenvalue weighted by Gasteiger charge is -2.22. The number of hydrogen-bond donors (Lipinski definition) is 2. The van der Waals surface area contributed by atoms with Crippen LogP contribution in [0.25, 0.3) is 0 Å². The summed E-state index contributed by atoms with van der Waals surface area (Å²) in [6.45, 7) is 2.85. The molecule has 1 aromatic rings. The molecule has 1 aromatic carbocycles. The Balaban J connectivity index is 1.62. The molecule has 120 valence electrons. The second-order valence-corrected chi connectivity index (χ2v) is 6.22. The van der Waals surface area contributed by atoms with E-state index in [0.29, 0.717) is 23.0 Å². The molecule has 0 saturated carbocycles. The zero-order chi connectivity index (χ0) is 15.8. The molecule has 1 heterocycles. The van der Waals surface area contributed by atoms with Crippen LogP contribution in [0.15, 0.2) is 24.3 Å². The van der Waals surface area contributed by atoms with Crippen molar-refractivity contribution >= 4 is 23.3 Å². The van der Waals surface area contributed by atoms with Crippen LogP contribution in [-0.4, -0.2) is 31.3 Å². The molecule has 0 spiro atoms. The number of rotatable bonds is 7. The highest BCUT2D eigenvalue weighted by atomic mass is 35.5. The third kappa shape index (κ3) is 5.78. The maximum absolute atomic E-state index is 12.0. The number of halogens is 1. The Labute approximate surface area is 136 Å². The quantitative estimate of drug-likeness (QED) is 0.759. The van der Waals surface area contributed by atoms with E-state index in [1.165, 1.54) is 12.8 Å². The van der Waals surface area contributed by atoms with Crippen LogP contribution in [0.1, 0.15) is 42.5 Å². The monoisotopic (exact) mass is 322 g/mol. The van der Waals surface area contributed by atoms with Gasteiger partial charge < -0.3 is 10.6 Å². The summed E-state index contributed by atoms with van der Waals surface area (Å²) in [4.78, 5) is 23.7. The van der Waals surface area contributed by atoms with Crippen molar-refractivity contribution in [3.8, 4) is 0 Å². The molecule has 1 fully saturated rings. The van der Waals surface area contributed by atoms with Gasteiger partial charge >= 0.3 is 0 Å². The van der Waals surface area contributed by atoms with Crippen molar-refractivity contribution in [1.82, 2.24) is 10.6 Å². The molecule has 22 heavy (non-hydrogen) atoms. The molecule has 4 nitrogen and oxygen atoms in total. The van der Waals surface area contributed by atoms with Gasteiger partial charge in [-0.1, -0.05) is 11.6 Å². The molecule has 0 bridgehead atoms. The van der Waals surface area contributed by atoms with E-state index in [2.05, 4.69) is 10.6 Å². The van der Waals surface area contributed by atoms with E-state index >= 15 is 0 Å². The van der Waals surface area contributed by atoms with Crippen LogP contribution >= 0.6 is 11.6 Å². The van der Waals surface area contributed by atoms with E-state index in [1.54, 1.807) is 24.3 Å². The summed E-state index contributed by atoms with van der Waals surface area (Å²) in [7, 11) is 0. The van der Waals surface area contributed by atoms with Crippen LogP contribution in [0.2, 0.25) is 5.02 Å². The van der Waals surface area contributed by atoms with Gasteiger partial charge in [0.15, 0.2) is 5.78 Å². The maximum Gasteiger partial charge on any atom is 0.220 e. The minimum Gasteiger partial charge on any atom is -0.356 e. The largest absolute Gasteiger partial charge is 0.356 e. The second-order valence-electron chi connectivity index (χ2n) is 5.78. The average Bonchev–Trinajstić information content (AvgIpc) is 2.54. The second kappa shape index (κ2) is 8.91. The third-order valence-corrected chi connectivity index (χ3v) is 4.27. The first-order valence-electron chi connectivity index (χ1n) is 7.91. The fourth-order valence-corrected chi connectivity index (χ4v) is 2.81. The highest BCUT2D eigenvalue weighted by Crippen LogP contribution is 2.13. The van der Waals surface area contributed by atoms with Crippen molar-refractivity contribution < 1.29 is 9.59 Å². The normalized spacial score (nSPS) is 18.0. The van der Waals surface area contributed by atoms with Gasteiger partial charge in [-0.3, -0.25) is 9.59 Å². The zero-order valence-electron chi connectivity index (χ0n) is 12.7. The Hall–Kier alpha value is -1.39. The number of ketones is 1. The van der Waals surface area contributed by atoms with Crippen LogP contribution in [0.5, 0.6) is 0 Å². The topological polar surface area (TPSA) is 58.2 Å². The van der Waals surface area contributed by atoms with Gasteiger partial charge in [0, 0.05) is 30.0 Å². The standard InChI is InChI=1S/C17H23ClN2O2/c18-15-5-3-14(4-6-15)16(21)7-8-17(22)20-11-9-13-2-1-10-19-12-13/h3-6,13,19H,1-2,7-12H2,(H,20,22). The number of hydrogen-bond acceptors (Lipinski definition) is 3. The maximum atomic E-state index is 12.0. The van der Waals surface area contributed by atoms with Crippen molar-refractivity contribution in [2.75, 3.05) is 19.6 Å². The summed E-state index contributed by atoms with van der Waals surface area (Å²) < 4.78 is 0. The van der Waals surface area contributed by atoms with E-state index < -0.39 is 0 Å². The molecule has 1 saturated heterocycles. The van der Waals surface area contributed by atoms with Crippen LogP contribution in [0, 0.1) is 5.92 Å². The lowest BCUT2D eigenvalue weighted by Crippen LogP contribution is -2.33. The SMILES string of the molecule is O=C(CCC(=O)c1ccc(Cl)cc1)NCCC1CCCNC1. The Bertz CT molecular complexity index is 496. The van der Waals surface area contributed by atoms with Crippen LogP contribution in [-0.2, 0) is 4.79 Å². The number of carbonyl (C=O) groups is 2. The van der Waals surface area contributed by atoms with Gasteiger partial charge in [0.2, 0.25) is 5.91 Å². The van der Waals surface area contributed by atoms with Gasteiger partial charge in [-0.2, -0.15) is 0 Å². The summed E-state index contributed by atoms with van der Waals surface area (Å²) in [6, 6.07) is 6.76. The lowest BCUT2D eigenvalue weighted by atomic mass is 9.96. The Morgan fingerprint density at radius 1 is 1.23 bits per heavy atom. The fraction of sp³-hybridized carbons (Fsp3) is 0.529. The van der Waals surface area contributed by atoms with Crippen molar-refractivity contribution in [3.63, 3.8) is 0 Å². The molecule has 5 heteroatoms. The van der Waals surface area contributed by atoms with Gasteiger partial charge in [0.25, 0.3) is 0 Å². The lowest BCUT2D eigenvalue weighted by molar-refractivity contribution is -0.121. The molecule has 2 rings (SSSR count). The first kappa shape index (κ1) is 17.0. The molecule has 0 aromatic heterocycles.